The van der Waals surface area contributed by atoms with Crippen molar-refractivity contribution in [1.29, 1.82) is 0 Å². The molecule has 4 heteroatoms. The van der Waals surface area contributed by atoms with E-state index in [2.05, 4.69) is 17.3 Å². The van der Waals surface area contributed by atoms with Crippen LogP contribution in [0.1, 0.15) is 32.1 Å². The molecule has 0 amide bonds. The fourth-order valence-corrected chi connectivity index (χ4v) is 2.09. The molecule has 2 fully saturated rings. The molecule has 1 saturated carbocycles. The Morgan fingerprint density at radius 2 is 2.20 bits per heavy atom. The largest absolute Gasteiger partial charge is 0.376 e. The lowest BCUT2D eigenvalue weighted by atomic mass is 10.1. The summed E-state index contributed by atoms with van der Waals surface area (Å²) in [6.07, 6.45) is 6.60. The van der Waals surface area contributed by atoms with Crippen molar-refractivity contribution >= 4 is 17.3 Å². The topological polar surface area (TPSA) is 24.5 Å². The van der Waals surface area contributed by atoms with Crippen LogP contribution < -0.4 is 5.32 Å². The average Bonchev–Trinajstić information content (AvgIpc) is 3.03. The van der Waals surface area contributed by atoms with Gasteiger partial charge in [0.15, 0.2) is 5.11 Å². The Hall–Kier alpha value is -0.350. The molecule has 86 valence electrons. The maximum atomic E-state index is 5.69. The third kappa shape index (κ3) is 3.61. The van der Waals surface area contributed by atoms with Crippen molar-refractivity contribution in [3.8, 4) is 0 Å². The van der Waals surface area contributed by atoms with Crippen LogP contribution in [0.3, 0.4) is 0 Å². The van der Waals surface area contributed by atoms with Crippen LogP contribution in [0, 0.1) is 0 Å². The van der Waals surface area contributed by atoms with Gasteiger partial charge in [0, 0.05) is 26.2 Å². The van der Waals surface area contributed by atoms with Gasteiger partial charge in [0.2, 0.25) is 0 Å². The van der Waals surface area contributed by atoms with E-state index >= 15 is 0 Å². The first-order valence-corrected chi connectivity index (χ1v) is 6.30. The molecule has 0 aromatic rings. The summed E-state index contributed by atoms with van der Waals surface area (Å²) in [5, 5.41) is 4.23. The minimum Gasteiger partial charge on any atom is -0.376 e. The van der Waals surface area contributed by atoms with Crippen molar-refractivity contribution in [2.75, 3.05) is 20.2 Å². The van der Waals surface area contributed by atoms with E-state index in [0.717, 1.165) is 18.3 Å². The zero-order valence-corrected chi connectivity index (χ0v) is 10.2. The van der Waals surface area contributed by atoms with Crippen molar-refractivity contribution in [2.45, 2.75) is 44.2 Å². The highest BCUT2D eigenvalue weighted by Gasteiger charge is 2.24. The number of nitrogens with one attached hydrogen (secondary N) is 1. The molecular formula is C11H20N2OS. The molecule has 1 unspecified atom stereocenters. The standard InChI is InChI=1S/C11H20N2OS/c1-13(11(15)12-9-5-6-9)8-10-4-2-3-7-14-10/h9-10H,2-8H2,1H3,(H,12,15). The molecule has 15 heavy (non-hydrogen) atoms. The molecule has 1 saturated heterocycles. The van der Waals surface area contributed by atoms with Crippen LogP contribution >= 0.6 is 12.2 Å². The summed E-state index contributed by atoms with van der Waals surface area (Å²) in [4.78, 5) is 2.11. The molecule has 0 aromatic carbocycles. The maximum absolute atomic E-state index is 5.69. The highest BCUT2D eigenvalue weighted by Crippen LogP contribution is 2.19. The van der Waals surface area contributed by atoms with Crippen molar-refractivity contribution < 1.29 is 4.74 Å². The first-order valence-electron chi connectivity index (χ1n) is 5.89. The van der Waals surface area contributed by atoms with Gasteiger partial charge in [-0.15, -0.1) is 0 Å². The Kier molecular flexibility index (Phi) is 3.81. The molecule has 0 bridgehead atoms. The smallest absolute Gasteiger partial charge is 0.168 e. The van der Waals surface area contributed by atoms with Crippen LogP contribution in [0.4, 0.5) is 0 Å². The molecule has 1 atom stereocenters. The van der Waals surface area contributed by atoms with Crippen LogP contribution in [-0.4, -0.2) is 42.4 Å². The summed E-state index contributed by atoms with van der Waals surface area (Å²) >= 11 is 5.32. The summed E-state index contributed by atoms with van der Waals surface area (Å²) in [6.45, 7) is 1.85. The molecule has 1 aliphatic carbocycles. The first kappa shape index (κ1) is 11.1. The zero-order chi connectivity index (χ0) is 10.7. The molecule has 1 N–H and O–H groups in total. The van der Waals surface area contributed by atoms with Crippen LogP contribution in [-0.2, 0) is 4.74 Å². The highest BCUT2D eigenvalue weighted by atomic mass is 32.1. The molecule has 0 radical (unpaired) electrons. The zero-order valence-electron chi connectivity index (χ0n) is 9.37. The second-order valence-electron chi connectivity index (χ2n) is 4.59. The van der Waals surface area contributed by atoms with Crippen molar-refractivity contribution in [3.63, 3.8) is 0 Å². The Morgan fingerprint density at radius 3 is 2.80 bits per heavy atom. The lowest BCUT2D eigenvalue weighted by Crippen LogP contribution is -2.43. The van der Waals surface area contributed by atoms with Gasteiger partial charge < -0.3 is 15.0 Å². The number of hydrogen-bond acceptors (Lipinski definition) is 2. The van der Waals surface area contributed by atoms with Gasteiger partial charge in [0.25, 0.3) is 0 Å². The molecule has 2 aliphatic rings. The van der Waals surface area contributed by atoms with Crippen molar-refractivity contribution in [1.82, 2.24) is 10.2 Å². The Bertz CT molecular complexity index is 225. The van der Waals surface area contributed by atoms with Crippen molar-refractivity contribution in [3.05, 3.63) is 0 Å². The van der Waals surface area contributed by atoms with E-state index in [4.69, 9.17) is 17.0 Å². The van der Waals surface area contributed by atoms with E-state index in [-0.39, 0.29) is 0 Å². The lowest BCUT2D eigenvalue weighted by molar-refractivity contribution is 0.00707. The molecule has 3 nitrogen and oxygen atoms in total. The summed E-state index contributed by atoms with van der Waals surface area (Å²) in [5.74, 6) is 0. The van der Waals surface area contributed by atoms with Crippen LogP contribution in [0.2, 0.25) is 0 Å². The number of rotatable bonds is 3. The SMILES string of the molecule is CN(CC1CCCCO1)C(=S)NC1CC1. The second-order valence-corrected chi connectivity index (χ2v) is 4.98. The third-order valence-electron chi connectivity index (χ3n) is 3.00. The monoisotopic (exact) mass is 228 g/mol. The third-order valence-corrected chi connectivity index (χ3v) is 3.43. The van der Waals surface area contributed by atoms with Gasteiger partial charge in [-0.2, -0.15) is 0 Å². The van der Waals surface area contributed by atoms with E-state index in [9.17, 15) is 0 Å². The number of ether oxygens (including phenoxy) is 1. The van der Waals surface area contributed by atoms with E-state index in [1.165, 1.54) is 32.1 Å². The number of likely N-dealkylation sites (N-methyl/N-ethyl adjacent to an activating group) is 1. The molecule has 2 rings (SSSR count). The molecule has 0 spiro atoms. The van der Waals surface area contributed by atoms with Gasteiger partial charge in [-0.3, -0.25) is 0 Å². The number of hydrogen-bond donors (Lipinski definition) is 1. The maximum Gasteiger partial charge on any atom is 0.168 e. The number of nitrogens with zero attached hydrogens (tertiary/aromatic N) is 1. The summed E-state index contributed by atoms with van der Waals surface area (Å²) in [6, 6.07) is 0.646. The first-order chi connectivity index (χ1) is 7.25. The van der Waals surface area contributed by atoms with E-state index in [1.807, 2.05) is 0 Å². The van der Waals surface area contributed by atoms with Gasteiger partial charge >= 0.3 is 0 Å². The van der Waals surface area contributed by atoms with Gasteiger partial charge in [0.1, 0.15) is 0 Å². The minimum absolute atomic E-state index is 0.378. The molecular weight excluding hydrogens is 208 g/mol. The van der Waals surface area contributed by atoms with E-state index < -0.39 is 0 Å². The highest BCUT2D eigenvalue weighted by molar-refractivity contribution is 7.80. The van der Waals surface area contributed by atoms with Crippen LogP contribution in [0.15, 0.2) is 0 Å². The van der Waals surface area contributed by atoms with Crippen LogP contribution in [0.5, 0.6) is 0 Å². The summed E-state index contributed by atoms with van der Waals surface area (Å²) in [7, 11) is 2.05. The molecule has 1 heterocycles. The molecule has 1 aliphatic heterocycles. The fourth-order valence-electron chi connectivity index (χ4n) is 1.85. The average molecular weight is 228 g/mol. The van der Waals surface area contributed by atoms with Crippen molar-refractivity contribution in [2.24, 2.45) is 0 Å². The summed E-state index contributed by atoms with van der Waals surface area (Å²) < 4.78 is 5.69. The number of thiocarbonyl (C=S) groups is 1. The second kappa shape index (κ2) is 5.12. The quantitative estimate of drug-likeness (QED) is 0.740. The predicted molar refractivity (Wildman–Crippen MR) is 65.0 cm³/mol. The Balaban J connectivity index is 1.69. The Labute approximate surface area is 97.2 Å². The van der Waals surface area contributed by atoms with Gasteiger partial charge in [-0.25, -0.2) is 0 Å². The fraction of sp³-hybridized carbons (Fsp3) is 0.909. The van der Waals surface area contributed by atoms with Crippen LogP contribution in [0.25, 0.3) is 0 Å². The van der Waals surface area contributed by atoms with E-state index in [0.29, 0.717) is 12.1 Å². The summed E-state index contributed by atoms with van der Waals surface area (Å²) in [5.41, 5.74) is 0. The Morgan fingerprint density at radius 1 is 1.40 bits per heavy atom. The van der Waals surface area contributed by atoms with Gasteiger partial charge in [-0.1, -0.05) is 0 Å². The van der Waals surface area contributed by atoms with E-state index in [1.54, 1.807) is 0 Å². The predicted octanol–water partition coefficient (Wildman–Crippen LogP) is 1.52. The van der Waals surface area contributed by atoms with Gasteiger partial charge in [-0.05, 0) is 44.3 Å². The normalized spacial score (nSPS) is 26.1. The minimum atomic E-state index is 0.378. The lowest BCUT2D eigenvalue weighted by Gasteiger charge is -2.29. The van der Waals surface area contributed by atoms with Gasteiger partial charge in [0.05, 0.1) is 6.10 Å². The molecule has 0 aromatic heterocycles.